The van der Waals surface area contributed by atoms with Crippen molar-refractivity contribution in [2.45, 2.75) is 76.7 Å². The lowest BCUT2D eigenvalue weighted by Gasteiger charge is -2.54. The van der Waals surface area contributed by atoms with Crippen LogP contribution in [0.2, 0.25) is 0 Å². The van der Waals surface area contributed by atoms with E-state index in [1.165, 1.54) is 0 Å². The third kappa shape index (κ3) is 2.64. The number of esters is 1. The van der Waals surface area contributed by atoms with E-state index in [9.17, 15) is 9.90 Å². The Balaban J connectivity index is 2.23. The highest BCUT2D eigenvalue weighted by atomic mass is 16.7. The summed E-state index contributed by atoms with van der Waals surface area (Å²) in [4.78, 5) is 17.9. The van der Waals surface area contributed by atoms with Crippen LogP contribution in [-0.2, 0) is 14.4 Å². The number of carbonyl (C=O) groups excluding carboxylic acids is 1. The Morgan fingerprint density at radius 1 is 1.21 bits per heavy atom. The van der Waals surface area contributed by atoms with Crippen LogP contribution in [0.1, 0.15) is 53.9 Å². The van der Waals surface area contributed by atoms with Gasteiger partial charge in [-0.15, -0.1) is 0 Å². The van der Waals surface area contributed by atoms with Crippen molar-refractivity contribution in [3.63, 3.8) is 0 Å². The molecule has 19 heavy (non-hydrogen) atoms. The van der Waals surface area contributed by atoms with E-state index in [-0.39, 0.29) is 23.2 Å². The van der Waals surface area contributed by atoms with Gasteiger partial charge in [-0.2, -0.15) is 5.06 Å². The van der Waals surface area contributed by atoms with Gasteiger partial charge in [0.25, 0.3) is 0 Å². The molecule has 0 bridgehead atoms. The second kappa shape index (κ2) is 4.43. The molecule has 1 unspecified atom stereocenters. The van der Waals surface area contributed by atoms with E-state index in [0.717, 1.165) is 0 Å². The van der Waals surface area contributed by atoms with Gasteiger partial charge in [-0.05, 0) is 47.5 Å². The van der Waals surface area contributed by atoms with Crippen molar-refractivity contribution in [1.82, 2.24) is 5.06 Å². The normalized spacial score (nSPS) is 35.4. The minimum atomic E-state index is -0.906. The Bertz CT molecular complexity index is 362. The predicted molar refractivity (Wildman–Crippen MR) is 70.3 cm³/mol. The summed E-state index contributed by atoms with van der Waals surface area (Å²) in [6.45, 7) is 10.3. The molecule has 0 aromatic rings. The molecule has 0 aromatic heterocycles. The second-order valence-corrected chi connectivity index (χ2v) is 7.19. The average Bonchev–Trinajstić information content (AvgIpc) is 2.52. The molecule has 1 atom stereocenters. The van der Waals surface area contributed by atoms with Crippen molar-refractivity contribution in [2.24, 2.45) is 0 Å². The molecule has 0 saturated carbocycles. The SMILES string of the molecule is CC1(ON2C(C)(C)CC(O)CC2(C)C)CCOC1=O. The van der Waals surface area contributed by atoms with Gasteiger partial charge in [0.1, 0.15) is 0 Å². The fourth-order valence-corrected chi connectivity index (χ4v) is 3.34. The molecule has 2 rings (SSSR count). The number of aliphatic hydroxyl groups excluding tert-OH is 1. The summed E-state index contributed by atoms with van der Waals surface area (Å²) in [5.41, 5.74) is -1.56. The molecule has 2 aliphatic rings. The lowest BCUT2D eigenvalue weighted by atomic mass is 9.80. The third-order valence-electron chi connectivity index (χ3n) is 4.11. The fourth-order valence-electron chi connectivity index (χ4n) is 3.34. The van der Waals surface area contributed by atoms with Gasteiger partial charge in [-0.25, -0.2) is 4.79 Å². The first-order valence-corrected chi connectivity index (χ1v) is 6.92. The highest BCUT2D eigenvalue weighted by Gasteiger charge is 2.52. The zero-order valence-electron chi connectivity index (χ0n) is 12.5. The second-order valence-electron chi connectivity index (χ2n) is 7.19. The van der Waals surface area contributed by atoms with Crippen LogP contribution in [-0.4, -0.2) is 45.5 Å². The Kier molecular flexibility index (Phi) is 3.44. The van der Waals surface area contributed by atoms with Crippen LogP contribution < -0.4 is 0 Å². The van der Waals surface area contributed by atoms with Crippen LogP contribution in [0, 0.1) is 0 Å². The summed E-state index contributed by atoms with van der Waals surface area (Å²) in [6.07, 6.45) is 1.48. The predicted octanol–water partition coefficient (Wildman–Crippen LogP) is 1.64. The average molecular weight is 271 g/mol. The van der Waals surface area contributed by atoms with Crippen molar-refractivity contribution in [2.75, 3.05) is 6.61 Å². The minimum Gasteiger partial charge on any atom is -0.463 e. The largest absolute Gasteiger partial charge is 0.463 e. The lowest BCUT2D eigenvalue weighted by Crippen LogP contribution is -2.64. The minimum absolute atomic E-state index is 0.301. The van der Waals surface area contributed by atoms with Crippen LogP contribution in [0.15, 0.2) is 0 Å². The zero-order chi connectivity index (χ0) is 14.5. The van der Waals surface area contributed by atoms with E-state index >= 15 is 0 Å². The number of cyclic esters (lactones) is 1. The number of carbonyl (C=O) groups is 1. The van der Waals surface area contributed by atoms with Crippen molar-refractivity contribution in [3.8, 4) is 0 Å². The van der Waals surface area contributed by atoms with E-state index < -0.39 is 5.60 Å². The van der Waals surface area contributed by atoms with E-state index in [2.05, 4.69) is 0 Å². The number of piperidine rings is 1. The standard InChI is InChI=1S/C14H25NO4/c1-12(2)8-10(16)9-13(3,4)15(12)19-14(5)6-7-18-11(14)17/h10,16H,6-9H2,1-5H3. The molecular weight excluding hydrogens is 246 g/mol. The maximum Gasteiger partial charge on any atom is 0.340 e. The number of rotatable bonds is 2. The molecule has 0 radical (unpaired) electrons. The first kappa shape index (κ1) is 14.8. The third-order valence-corrected chi connectivity index (χ3v) is 4.11. The highest BCUT2D eigenvalue weighted by Crippen LogP contribution is 2.41. The molecule has 2 aliphatic heterocycles. The zero-order valence-corrected chi connectivity index (χ0v) is 12.5. The molecule has 2 fully saturated rings. The number of ether oxygens (including phenoxy) is 1. The topological polar surface area (TPSA) is 59.0 Å². The Morgan fingerprint density at radius 2 is 1.74 bits per heavy atom. The van der Waals surface area contributed by atoms with Gasteiger partial charge in [0.05, 0.1) is 12.7 Å². The Morgan fingerprint density at radius 3 is 2.16 bits per heavy atom. The van der Waals surface area contributed by atoms with Crippen molar-refractivity contribution >= 4 is 5.97 Å². The van der Waals surface area contributed by atoms with E-state index in [1.54, 1.807) is 6.92 Å². The van der Waals surface area contributed by atoms with Crippen molar-refractivity contribution in [3.05, 3.63) is 0 Å². The molecule has 0 amide bonds. The quantitative estimate of drug-likeness (QED) is 0.774. The van der Waals surface area contributed by atoms with Crippen LogP contribution in [0.25, 0.3) is 0 Å². The maximum absolute atomic E-state index is 11.8. The molecule has 2 saturated heterocycles. The van der Waals surface area contributed by atoms with E-state index in [0.29, 0.717) is 25.9 Å². The van der Waals surface area contributed by atoms with Crippen molar-refractivity contribution < 1.29 is 19.5 Å². The summed E-state index contributed by atoms with van der Waals surface area (Å²) in [7, 11) is 0. The Hall–Kier alpha value is -0.650. The van der Waals surface area contributed by atoms with E-state index in [4.69, 9.17) is 9.57 Å². The van der Waals surface area contributed by atoms with Gasteiger partial charge in [-0.3, -0.25) is 4.84 Å². The van der Waals surface area contributed by atoms with Crippen LogP contribution in [0.5, 0.6) is 0 Å². The number of aliphatic hydroxyl groups is 1. The lowest BCUT2D eigenvalue weighted by molar-refractivity contribution is -0.330. The van der Waals surface area contributed by atoms with Gasteiger partial charge < -0.3 is 9.84 Å². The number of hydroxylamine groups is 2. The number of nitrogens with zero attached hydrogens (tertiary/aromatic N) is 1. The maximum atomic E-state index is 11.8. The molecule has 0 aliphatic carbocycles. The molecule has 0 spiro atoms. The van der Waals surface area contributed by atoms with Crippen LogP contribution in [0.3, 0.4) is 0 Å². The molecule has 1 N–H and O–H groups in total. The summed E-state index contributed by atoms with van der Waals surface area (Å²) in [6, 6.07) is 0. The highest BCUT2D eigenvalue weighted by molar-refractivity contribution is 5.80. The molecule has 110 valence electrons. The number of hydrogen-bond donors (Lipinski definition) is 1. The molecular formula is C14H25NO4. The summed E-state index contributed by atoms with van der Waals surface area (Å²) < 4.78 is 5.03. The van der Waals surface area contributed by atoms with Gasteiger partial charge in [-0.1, -0.05) is 0 Å². The van der Waals surface area contributed by atoms with E-state index in [1.807, 2.05) is 32.8 Å². The van der Waals surface area contributed by atoms with Gasteiger partial charge in [0.15, 0.2) is 5.60 Å². The monoisotopic (exact) mass is 271 g/mol. The van der Waals surface area contributed by atoms with Crippen molar-refractivity contribution in [1.29, 1.82) is 0 Å². The molecule has 2 heterocycles. The molecule has 0 aromatic carbocycles. The van der Waals surface area contributed by atoms with Crippen LogP contribution in [0.4, 0.5) is 0 Å². The van der Waals surface area contributed by atoms with Gasteiger partial charge >= 0.3 is 5.97 Å². The fraction of sp³-hybridized carbons (Fsp3) is 0.929. The van der Waals surface area contributed by atoms with Gasteiger partial charge in [0, 0.05) is 17.5 Å². The van der Waals surface area contributed by atoms with Gasteiger partial charge in [0.2, 0.25) is 0 Å². The van der Waals surface area contributed by atoms with Crippen LogP contribution >= 0.6 is 0 Å². The smallest absolute Gasteiger partial charge is 0.340 e. The summed E-state index contributed by atoms with van der Waals surface area (Å²) in [5, 5.41) is 11.9. The Labute approximate surface area is 114 Å². The summed E-state index contributed by atoms with van der Waals surface area (Å²) in [5.74, 6) is -0.301. The first-order valence-electron chi connectivity index (χ1n) is 6.92. The summed E-state index contributed by atoms with van der Waals surface area (Å²) >= 11 is 0. The first-order chi connectivity index (χ1) is 8.57. The molecule has 5 nitrogen and oxygen atoms in total. The number of hydrogen-bond acceptors (Lipinski definition) is 5. The molecule has 5 heteroatoms.